The van der Waals surface area contributed by atoms with Gasteiger partial charge in [0.2, 0.25) is 5.91 Å². The van der Waals surface area contributed by atoms with E-state index < -0.39 is 0 Å². The first-order valence-electron chi connectivity index (χ1n) is 6.18. The van der Waals surface area contributed by atoms with Crippen LogP contribution in [0.15, 0.2) is 30.6 Å². The molecule has 1 aromatic carbocycles. The lowest BCUT2D eigenvalue weighted by atomic mass is 10.3. The minimum absolute atomic E-state index is 0. The normalized spacial score (nSPS) is 9.65. The summed E-state index contributed by atoms with van der Waals surface area (Å²) in [6.45, 7) is 1.90. The summed E-state index contributed by atoms with van der Waals surface area (Å²) >= 11 is 0. The Balaban J connectivity index is 0.00000180. The van der Waals surface area contributed by atoms with Gasteiger partial charge < -0.3 is 15.6 Å². The number of para-hydroxylation sites is 2. The van der Waals surface area contributed by atoms with E-state index >= 15 is 0 Å². The lowest BCUT2D eigenvalue weighted by Gasteiger charge is -2.05. The highest BCUT2D eigenvalue weighted by Crippen LogP contribution is 2.11. The Kier molecular flexibility index (Phi) is 8.96. The van der Waals surface area contributed by atoms with Crippen molar-refractivity contribution in [1.82, 2.24) is 14.9 Å². The van der Waals surface area contributed by atoms with E-state index in [2.05, 4.69) is 10.3 Å². The van der Waals surface area contributed by atoms with E-state index in [9.17, 15) is 4.79 Å². The van der Waals surface area contributed by atoms with E-state index in [-0.39, 0.29) is 30.7 Å². The fourth-order valence-corrected chi connectivity index (χ4v) is 1.83. The first-order chi connectivity index (χ1) is 8.81. The molecule has 1 aromatic heterocycles. The fraction of sp³-hybridized carbons (Fsp3) is 0.385. The molecule has 0 spiro atoms. The number of nitrogens with zero attached hydrogens (tertiary/aromatic N) is 2. The predicted octanol–water partition coefficient (Wildman–Crippen LogP) is 1.73. The van der Waals surface area contributed by atoms with E-state index in [0.717, 1.165) is 17.5 Å². The average Bonchev–Trinajstić information content (AvgIpc) is 2.80. The summed E-state index contributed by atoms with van der Waals surface area (Å²) < 4.78 is 2.00. The molecule has 0 aliphatic rings. The molecule has 7 heteroatoms. The first kappa shape index (κ1) is 18.7. The van der Waals surface area contributed by atoms with Crippen LogP contribution in [0.25, 0.3) is 11.0 Å². The molecule has 5 nitrogen and oxygen atoms in total. The monoisotopic (exact) mass is 318 g/mol. The Labute approximate surface area is 130 Å². The van der Waals surface area contributed by atoms with Crippen LogP contribution < -0.4 is 11.1 Å². The number of fused-ring (bicyclic) bond motifs is 1. The van der Waals surface area contributed by atoms with Crippen molar-refractivity contribution in [3.63, 3.8) is 0 Å². The molecule has 0 aliphatic carbocycles. The molecular weight excluding hydrogens is 299 g/mol. The van der Waals surface area contributed by atoms with Gasteiger partial charge in [0.05, 0.1) is 17.4 Å². The van der Waals surface area contributed by atoms with Gasteiger partial charge in [0, 0.05) is 19.5 Å². The Morgan fingerprint density at radius 3 is 2.80 bits per heavy atom. The second-order valence-electron chi connectivity index (χ2n) is 4.17. The Hall–Kier alpha value is -1.30. The molecule has 2 rings (SSSR count). The van der Waals surface area contributed by atoms with Crippen molar-refractivity contribution in [3.05, 3.63) is 30.6 Å². The zero-order valence-corrected chi connectivity index (χ0v) is 12.8. The molecule has 1 amide bonds. The quantitative estimate of drug-likeness (QED) is 0.797. The summed E-state index contributed by atoms with van der Waals surface area (Å²) in [5.74, 6) is 0.0567. The lowest BCUT2D eigenvalue weighted by Crippen LogP contribution is -2.26. The van der Waals surface area contributed by atoms with E-state index in [4.69, 9.17) is 5.73 Å². The summed E-state index contributed by atoms with van der Waals surface area (Å²) in [6.07, 6.45) is 3.06. The predicted molar refractivity (Wildman–Crippen MR) is 85.5 cm³/mol. The van der Waals surface area contributed by atoms with Crippen molar-refractivity contribution >= 4 is 41.8 Å². The molecule has 0 saturated carbocycles. The minimum Gasteiger partial charge on any atom is -0.356 e. The van der Waals surface area contributed by atoms with Crippen LogP contribution in [-0.4, -0.2) is 28.5 Å². The molecule has 0 bridgehead atoms. The number of aromatic nitrogens is 2. The second-order valence-corrected chi connectivity index (χ2v) is 4.17. The van der Waals surface area contributed by atoms with Crippen molar-refractivity contribution in [1.29, 1.82) is 0 Å². The summed E-state index contributed by atoms with van der Waals surface area (Å²) in [4.78, 5) is 15.9. The third-order valence-electron chi connectivity index (χ3n) is 2.81. The third kappa shape index (κ3) is 5.00. The highest BCUT2D eigenvalue weighted by atomic mass is 35.5. The lowest BCUT2D eigenvalue weighted by molar-refractivity contribution is -0.121. The maximum atomic E-state index is 11.6. The summed E-state index contributed by atoms with van der Waals surface area (Å²) in [6, 6.07) is 7.91. The second kappa shape index (κ2) is 9.58. The molecule has 0 aliphatic heterocycles. The fourth-order valence-electron chi connectivity index (χ4n) is 1.83. The van der Waals surface area contributed by atoms with Crippen molar-refractivity contribution in [2.24, 2.45) is 5.73 Å². The van der Waals surface area contributed by atoms with Gasteiger partial charge in [-0.2, -0.15) is 0 Å². The van der Waals surface area contributed by atoms with Gasteiger partial charge in [0.1, 0.15) is 0 Å². The number of aryl methyl sites for hydroxylation is 1. The molecule has 2 aromatic rings. The van der Waals surface area contributed by atoms with Crippen LogP contribution >= 0.6 is 24.8 Å². The van der Waals surface area contributed by atoms with Gasteiger partial charge >= 0.3 is 0 Å². The number of hydrogen-bond donors (Lipinski definition) is 2. The molecule has 0 radical (unpaired) electrons. The first-order valence-corrected chi connectivity index (χ1v) is 6.18. The zero-order chi connectivity index (χ0) is 12.8. The number of amides is 1. The molecule has 0 fully saturated rings. The molecule has 1 heterocycles. The van der Waals surface area contributed by atoms with Gasteiger partial charge in [-0.15, -0.1) is 24.8 Å². The number of carbonyl (C=O) groups is 1. The van der Waals surface area contributed by atoms with Crippen molar-refractivity contribution in [2.45, 2.75) is 19.4 Å². The van der Waals surface area contributed by atoms with Gasteiger partial charge in [0.15, 0.2) is 0 Å². The molecule has 20 heavy (non-hydrogen) atoms. The summed E-state index contributed by atoms with van der Waals surface area (Å²) in [7, 11) is 0. The number of halogens is 2. The number of nitrogens with two attached hydrogens (primary N) is 1. The average molecular weight is 319 g/mol. The van der Waals surface area contributed by atoms with Crippen LogP contribution in [-0.2, 0) is 11.3 Å². The van der Waals surface area contributed by atoms with E-state index in [1.54, 1.807) is 6.33 Å². The zero-order valence-electron chi connectivity index (χ0n) is 11.1. The van der Waals surface area contributed by atoms with Gasteiger partial charge in [-0.3, -0.25) is 4.79 Å². The minimum atomic E-state index is 0. The van der Waals surface area contributed by atoms with Crippen molar-refractivity contribution < 1.29 is 4.79 Å². The highest BCUT2D eigenvalue weighted by molar-refractivity contribution is 5.85. The van der Waals surface area contributed by atoms with Crippen LogP contribution in [0.4, 0.5) is 0 Å². The van der Waals surface area contributed by atoms with Crippen LogP contribution in [0.1, 0.15) is 12.8 Å². The van der Waals surface area contributed by atoms with Crippen LogP contribution in [0.5, 0.6) is 0 Å². The topological polar surface area (TPSA) is 72.9 Å². The van der Waals surface area contributed by atoms with Crippen molar-refractivity contribution in [2.75, 3.05) is 13.1 Å². The van der Waals surface area contributed by atoms with Gasteiger partial charge in [-0.1, -0.05) is 12.1 Å². The number of carbonyl (C=O) groups excluding carboxylic acids is 1. The van der Waals surface area contributed by atoms with Crippen LogP contribution in [0.3, 0.4) is 0 Å². The Morgan fingerprint density at radius 1 is 1.30 bits per heavy atom. The number of nitrogens with one attached hydrogen (secondary N) is 1. The molecule has 0 saturated heterocycles. The third-order valence-corrected chi connectivity index (χ3v) is 2.81. The maximum Gasteiger partial charge on any atom is 0.221 e. The standard InChI is InChI=1S/C13H18N4O.2ClH/c14-7-3-8-15-13(18)6-9-17-10-16-11-4-1-2-5-12(11)17;;/h1-2,4-5,10H,3,6-9,14H2,(H,15,18);2*1H. The molecular formula is C13H20Cl2N4O. The Morgan fingerprint density at radius 2 is 2.05 bits per heavy atom. The summed E-state index contributed by atoms with van der Waals surface area (Å²) in [5.41, 5.74) is 7.39. The van der Waals surface area contributed by atoms with E-state index in [1.807, 2.05) is 28.8 Å². The highest BCUT2D eigenvalue weighted by Gasteiger charge is 2.04. The molecule has 0 atom stereocenters. The van der Waals surface area contributed by atoms with E-state index in [1.165, 1.54) is 0 Å². The van der Waals surface area contributed by atoms with Crippen LogP contribution in [0, 0.1) is 0 Å². The van der Waals surface area contributed by atoms with Gasteiger partial charge in [-0.25, -0.2) is 4.98 Å². The van der Waals surface area contributed by atoms with Gasteiger partial charge in [-0.05, 0) is 25.1 Å². The number of rotatable bonds is 6. The number of benzene rings is 1. The Bertz CT molecular complexity index is 530. The summed E-state index contributed by atoms with van der Waals surface area (Å²) in [5, 5.41) is 2.84. The van der Waals surface area contributed by atoms with Crippen molar-refractivity contribution in [3.8, 4) is 0 Å². The maximum absolute atomic E-state index is 11.6. The SMILES string of the molecule is Cl.Cl.NCCCNC(=O)CCn1cnc2ccccc21. The van der Waals surface area contributed by atoms with E-state index in [0.29, 0.717) is 26.1 Å². The number of imidazole rings is 1. The molecule has 0 unspecified atom stereocenters. The van der Waals surface area contributed by atoms with Crippen LogP contribution in [0.2, 0.25) is 0 Å². The molecule has 112 valence electrons. The molecule has 3 N–H and O–H groups in total. The number of hydrogen-bond acceptors (Lipinski definition) is 3. The largest absolute Gasteiger partial charge is 0.356 e. The smallest absolute Gasteiger partial charge is 0.221 e. The van der Waals surface area contributed by atoms with Gasteiger partial charge in [0.25, 0.3) is 0 Å².